The van der Waals surface area contributed by atoms with E-state index in [-0.39, 0.29) is 5.69 Å². The van der Waals surface area contributed by atoms with Crippen molar-refractivity contribution in [3.05, 3.63) is 38.9 Å². The lowest BCUT2D eigenvalue weighted by molar-refractivity contribution is -0.384. The first-order chi connectivity index (χ1) is 10.0. The molecule has 21 heavy (non-hydrogen) atoms. The van der Waals surface area contributed by atoms with Gasteiger partial charge in [-0.1, -0.05) is 53.4 Å². The highest BCUT2D eigenvalue weighted by Gasteiger charge is 2.29. The summed E-state index contributed by atoms with van der Waals surface area (Å²) in [6.07, 6.45) is 7.16. The molecule has 3 unspecified atom stereocenters. The maximum Gasteiger partial charge on any atom is 0.270 e. The SMILES string of the molecule is CCCC1CCC(Br)C(Cc2ccc([N+](=O)[O-])cc2Cl)C1. The molecular formula is C16H21BrClNO2. The van der Waals surface area contributed by atoms with Crippen LogP contribution >= 0.6 is 27.5 Å². The van der Waals surface area contributed by atoms with Crippen LogP contribution in [0.15, 0.2) is 18.2 Å². The van der Waals surface area contributed by atoms with Gasteiger partial charge in [0.15, 0.2) is 0 Å². The lowest BCUT2D eigenvalue weighted by Crippen LogP contribution is -2.26. The minimum Gasteiger partial charge on any atom is -0.258 e. The van der Waals surface area contributed by atoms with Gasteiger partial charge in [0.1, 0.15) is 0 Å². The fourth-order valence-corrected chi connectivity index (χ4v) is 4.22. The second-order valence-electron chi connectivity index (χ2n) is 5.98. The van der Waals surface area contributed by atoms with Crippen molar-refractivity contribution in [2.75, 3.05) is 0 Å². The molecule has 0 radical (unpaired) electrons. The van der Waals surface area contributed by atoms with Crippen LogP contribution in [0.5, 0.6) is 0 Å². The second kappa shape index (κ2) is 7.59. The molecular weight excluding hydrogens is 354 g/mol. The third-order valence-electron chi connectivity index (χ3n) is 4.42. The zero-order chi connectivity index (χ0) is 15.4. The molecule has 0 aromatic heterocycles. The summed E-state index contributed by atoms with van der Waals surface area (Å²) in [4.78, 5) is 10.9. The van der Waals surface area contributed by atoms with Crippen molar-refractivity contribution in [3.63, 3.8) is 0 Å². The molecule has 0 aliphatic heterocycles. The number of nitro benzene ring substituents is 1. The van der Waals surface area contributed by atoms with Gasteiger partial charge < -0.3 is 0 Å². The predicted octanol–water partition coefficient (Wildman–Crippen LogP) is 5.77. The van der Waals surface area contributed by atoms with E-state index in [1.54, 1.807) is 6.07 Å². The molecule has 1 aromatic carbocycles. The molecule has 1 saturated carbocycles. The fraction of sp³-hybridized carbons (Fsp3) is 0.625. The molecule has 1 fully saturated rings. The van der Waals surface area contributed by atoms with Crippen LogP contribution in [0.3, 0.4) is 0 Å². The lowest BCUT2D eigenvalue weighted by atomic mass is 9.77. The van der Waals surface area contributed by atoms with Crippen molar-refractivity contribution in [1.82, 2.24) is 0 Å². The molecule has 0 N–H and O–H groups in total. The zero-order valence-corrected chi connectivity index (χ0v) is 14.6. The van der Waals surface area contributed by atoms with E-state index in [4.69, 9.17) is 11.6 Å². The van der Waals surface area contributed by atoms with Crippen LogP contribution in [0.25, 0.3) is 0 Å². The van der Waals surface area contributed by atoms with Crippen LogP contribution in [0.1, 0.15) is 44.6 Å². The van der Waals surface area contributed by atoms with Crippen LogP contribution in [0.2, 0.25) is 5.02 Å². The largest absolute Gasteiger partial charge is 0.270 e. The highest BCUT2D eigenvalue weighted by molar-refractivity contribution is 9.09. The van der Waals surface area contributed by atoms with Gasteiger partial charge in [-0.05, 0) is 43.1 Å². The number of nitro groups is 1. The maximum absolute atomic E-state index is 10.8. The predicted molar refractivity (Wildman–Crippen MR) is 90.3 cm³/mol. The van der Waals surface area contributed by atoms with Gasteiger partial charge in [0.05, 0.1) is 9.95 Å². The van der Waals surface area contributed by atoms with Crippen molar-refractivity contribution in [2.45, 2.75) is 50.3 Å². The van der Waals surface area contributed by atoms with Gasteiger partial charge in [0.2, 0.25) is 0 Å². The molecule has 5 heteroatoms. The van der Waals surface area contributed by atoms with E-state index in [0.717, 1.165) is 17.9 Å². The molecule has 3 atom stereocenters. The summed E-state index contributed by atoms with van der Waals surface area (Å²) in [6, 6.07) is 4.83. The Morgan fingerprint density at radius 3 is 2.81 bits per heavy atom. The fourth-order valence-electron chi connectivity index (χ4n) is 3.30. The van der Waals surface area contributed by atoms with Gasteiger partial charge in [-0.25, -0.2) is 0 Å². The summed E-state index contributed by atoms with van der Waals surface area (Å²) in [7, 11) is 0. The third-order valence-corrected chi connectivity index (χ3v) is 5.98. The van der Waals surface area contributed by atoms with E-state index >= 15 is 0 Å². The lowest BCUT2D eigenvalue weighted by Gasteiger charge is -2.33. The summed E-state index contributed by atoms with van der Waals surface area (Å²) in [5.41, 5.74) is 1.08. The first-order valence-electron chi connectivity index (χ1n) is 7.58. The molecule has 116 valence electrons. The van der Waals surface area contributed by atoms with Crippen molar-refractivity contribution in [1.29, 1.82) is 0 Å². The highest BCUT2D eigenvalue weighted by atomic mass is 79.9. The van der Waals surface area contributed by atoms with E-state index in [1.165, 1.54) is 38.2 Å². The number of nitrogens with zero attached hydrogens (tertiary/aromatic N) is 1. The van der Waals surface area contributed by atoms with Gasteiger partial charge in [-0.2, -0.15) is 0 Å². The Balaban J connectivity index is 2.07. The molecule has 2 rings (SSSR count). The Morgan fingerprint density at radius 2 is 2.19 bits per heavy atom. The van der Waals surface area contributed by atoms with Gasteiger partial charge in [-0.15, -0.1) is 0 Å². The van der Waals surface area contributed by atoms with E-state index in [1.807, 2.05) is 6.07 Å². The van der Waals surface area contributed by atoms with E-state index in [0.29, 0.717) is 15.8 Å². The number of hydrogen-bond acceptors (Lipinski definition) is 2. The Morgan fingerprint density at radius 1 is 1.43 bits per heavy atom. The summed E-state index contributed by atoms with van der Waals surface area (Å²) < 4.78 is 0. The number of rotatable bonds is 5. The molecule has 0 bridgehead atoms. The average molecular weight is 375 g/mol. The van der Waals surface area contributed by atoms with Crippen LogP contribution in [0.4, 0.5) is 5.69 Å². The summed E-state index contributed by atoms with van der Waals surface area (Å²) in [5.74, 6) is 1.37. The molecule has 0 saturated heterocycles. The first kappa shape index (κ1) is 16.8. The smallest absolute Gasteiger partial charge is 0.258 e. The van der Waals surface area contributed by atoms with Gasteiger partial charge in [0, 0.05) is 17.0 Å². The maximum atomic E-state index is 10.8. The highest BCUT2D eigenvalue weighted by Crippen LogP contribution is 2.38. The van der Waals surface area contributed by atoms with Crippen molar-refractivity contribution < 1.29 is 4.92 Å². The number of halogens is 2. The molecule has 1 aromatic rings. The number of non-ortho nitro benzene ring substituents is 1. The minimum absolute atomic E-state index is 0.0617. The summed E-state index contributed by atoms with van der Waals surface area (Å²) in [5, 5.41) is 11.3. The van der Waals surface area contributed by atoms with Crippen LogP contribution in [-0.2, 0) is 6.42 Å². The van der Waals surface area contributed by atoms with E-state index < -0.39 is 4.92 Å². The minimum atomic E-state index is -0.402. The van der Waals surface area contributed by atoms with E-state index in [2.05, 4.69) is 22.9 Å². The number of alkyl halides is 1. The zero-order valence-electron chi connectivity index (χ0n) is 12.2. The van der Waals surface area contributed by atoms with Gasteiger partial charge in [-0.3, -0.25) is 10.1 Å². The molecule has 0 amide bonds. The van der Waals surface area contributed by atoms with Crippen molar-refractivity contribution in [3.8, 4) is 0 Å². The topological polar surface area (TPSA) is 43.1 Å². The number of benzene rings is 1. The van der Waals surface area contributed by atoms with Crippen LogP contribution in [-0.4, -0.2) is 9.75 Å². The standard InChI is InChI=1S/C16H21BrClNO2/c1-2-3-11-4-7-15(17)13(8-11)9-12-5-6-14(19(20)21)10-16(12)18/h5-6,10-11,13,15H,2-4,7-9H2,1H3. The van der Waals surface area contributed by atoms with Gasteiger partial charge in [0.25, 0.3) is 5.69 Å². The normalized spacial score (nSPS) is 25.8. The van der Waals surface area contributed by atoms with E-state index in [9.17, 15) is 10.1 Å². The monoisotopic (exact) mass is 373 g/mol. The molecule has 1 aliphatic carbocycles. The summed E-state index contributed by atoms with van der Waals surface area (Å²) >= 11 is 10.0. The Bertz CT molecular complexity index is 509. The molecule has 3 nitrogen and oxygen atoms in total. The molecule has 1 aliphatic rings. The van der Waals surface area contributed by atoms with Crippen LogP contribution < -0.4 is 0 Å². The molecule has 0 spiro atoms. The third kappa shape index (κ3) is 4.43. The van der Waals surface area contributed by atoms with Gasteiger partial charge >= 0.3 is 0 Å². The Kier molecular flexibility index (Phi) is 6.06. The molecule has 0 heterocycles. The quantitative estimate of drug-likeness (QED) is 0.373. The van der Waals surface area contributed by atoms with Crippen molar-refractivity contribution in [2.24, 2.45) is 11.8 Å². The van der Waals surface area contributed by atoms with Crippen molar-refractivity contribution >= 4 is 33.2 Å². The number of hydrogen-bond donors (Lipinski definition) is 0. The summed E-state index contributed by atoms with van der Waals surface area (Å²) in [6.45, 7) is 2.24. The van der Waals surface area contributed by atoms with Crippen LogP contribution in [0, 0.1) is 22.0 Å². The Labute approximate surface area is 139 Å². The first-order valence-corrected chi connectivity index (χ1v) is 8.87. The Hall–Kier alpha value is -0.610. The average Bonchev–Trinajstić information content (AvgIpc) is 2.44. The second-order valence-corrected chi connectivity index (χ2v) is 7.56.